The van der Waals surface area contributed by atoms with Gasteiger partial charge in [-0.05, 0) is 42.7 Å². The van der Waals surface area contributed by atoms with E-state index in [-0.39, 0.29) is 11.2 Å². The van der Waals surface area contributed by atoms with Crippen LogP contribution in [0.3, 0.4) is 0 Å². The number of carbonyl (C=O) groups is 1. The molecule has 12 heteroatoms. The average molecular weight is 518 g/mol. The second-order valence-electron chi connectivity index (χ2n) is 8.79. The molecule has 0 bridgehead atoms. The summed E-state index contributed by atoms with van der Waals surface area (Å²) in [5, 5.41) is 5.17. The van der Waals surface area contributed by atoms with Crippen LogP contribution in [0.2, 0.25) is 0 Å². The van der Waals surface area contributed by atoms with Crippen molar-refractivity contribution in [3.05, 3.63) is 92.6 Å². The smallest absolute Gasteiger partial charge is 0.363 e. The molecule has 1 amide bonds. The Kier molecular flexibility index (Phi) is 6.17. The predicted molar refractivity (Wildman–Crippen MR) is 140 cm³/mol. The minimum absolute atomic E-state index is 0.0196. The molecule has 0 unspecified atom stereocenters. The Morgan fingerprint density at radius 1 is 1.11 bits per heavy atom. The second-order valence-corrected chi connectivity index (χ2v) is 9.65. The van der Waals surface area contributed by atoms with Gasteiger partial charge in [-0.25, -0.2) is 14.8 Å². The van der Waals surface area contributed by atoms with E-state index in [0.717, 1.165) is 27.1 Å². The normalized spacial score (nSPS) is 11.5. The number of fused-ring (bicyclic) bond motifs is 1. The van der Waals surface area contributed by atoms with Gasteiger partial charge in [-0.15, -0.1) is 16.1 Å². The molecule has 0 spiro atoms. The van der Waals surface area contributed by atoms with E-state index < -0.39 is 22.7 Å². The number of imidazole rings is 1. The van der Waals surface area contributed by atoms with Crippen molar-refractivity contribution in [1.29, 1.82) is 0 Å². The molecule has 0 aliphatic carbocycles. The number of rotatable bonds is 7. The number of benzene rings is 1. The highest BCUT2D eigenvalue weighted by Crippen LogP contribution is 2.25. The Morgan fingerprint density at radius 3 is 2.51 bits per heavy atom. The van der Waals surface area contributed by atoms with Gasteiger partial charge >= 0.3 is 5.69 Å². The Balaban J connectivity index is 1.33. The first-order valence-corrected chi connectivity index (χ1v) is 12.2. The summed E-state index contributed by atoms with van der Waals surface area (Å²) in [5.74, 6) is -0.398. The largest absolute Gasteiger partial charge is 0.411 e. The summed E-state index contributed by atoms with van der Waals surface area (Å²) in [6, 6.07) is 12.1. The van der Waals surface area contributed by atoms with E-state index in [1.807, 2.05) is 17.5 Å². The fourth-order valence-electron chi connectivity index (χ4n) is 3.95. The van der Waals surface area contributed by atoms with Crippen molar-refractivity contribution in [3.63, 3.8) is 0 Å². The molecule has 0 aliphatic rings. The van der Waals surface area contributed by atoms with Crippen LogP contribution in [0, 0.1) is 0 Å². The van der Waals surface area contributed by atoms with E-state index in [1.54, 1.807) is 26.2 Å². The van der Waals surface area contributed by atoms with Crippen LogP contribution in [0.25, 0.3) is 22.3 Å². The molecule has 4 aromatic heterocycles. The second kappa shape index (κ2) is 9.47. The van der Waals surface area contributed by atoms with E-state index in [9.17, 15) is 14.4 Å². The fourth-order valence-corrected chi connectivity index (χ4v) is 4.66. The lowest BCUT2D eigenvalue weighted by atomic mass is 10.0. The zero-order valence-electron chi connectivity index (χ0n) is 20.3. The highest BCUT2D eigenvalue weighted by molar-refractivity contribution is 7.13. The number of amides is 1. The number of H-pyrrole nitrogens is 1. The van der Waals surface area contributed by atoms with Crippen molar-refractivity contribution < 1.29 is 9.63 Å². The first-order valence-electron chi connectivity index (χ1n) is 11.3. The van der Waals surface area contributed by atoms with Crippen LogP contribution >= 0.6 is 11.3 Å². The number of aromatic amines is 1. The van der Waals surface area contributed by atoms with Crippen molar-refractivity contribution in [2.24, 2.45) is 0 Å². The van der Waals surface area contributed by atoms with Crippen LogP contribution in [0.5, 0.6) is 0 Å². The Morgan fingerprint density at radius 2 is 1.81 bits per heavy atom. The van der Waals surface area contributed by atoms with Gasteiger partial charge in [0.2, 0.25) is 0 Å². The Labute approximate surface area is 214 Å². The van der Waals surface area contributed by atoms with Crippen molar-refractivity contribution in [2.45, 2.75) is 25.8 Å². The van der Waals surface area contributed by atoms with Gasteiger partial charge in [-0.3, -0.25) is 29.4 Å². The summed E-state index contributed by atoms with van der Waals surface area (Å²) in [7, 11) is 1.29. The monoisotopic (exact) mass is 517 g/mol. The van der Waals surface area contributed by atoms with Gasteiger partial charge in [0, 0.05) is 24.2 Å². The van der Waals surface area contributed by atoms with Gasteiger partial charge in [-0.2, -0.15) is 0 Å². The quantitative estimate of drug-likeness (QED) is 0.338. The summed E-state index contributed by atoms with van der Waals surface area (Å²) in [5.41, 5.74) is 1.51. The first-order chi connectivity index (χ1) is 17.8. The summed E-state index contributed by atoms with van der Waals surface area (Å²) in [6.45, 7) is 3.29. The molecule has 5 rings (SSSR count). The number of carbonyl (C=O) groups excluding carboxylic acids is 1. The van der Waals surface area contributed by atoms with E-state index >= 15 is 0 Å². The number of aromatic nitrogens is 6. The van der Waals surface area contributed by atoms with Crippen LogP contribution in [0.4, 0.5) is 5.13 Å². The van der Waals surface area contributed by atoms with Crippen molar-refractivity contribution in [2.75, 3.05) is 12.4 Å². The number of hydrogen-bond acceptors (Lipinski definition) is 8. The SMILES string of the molecule is COn1c(=O)[nH]c(=O)c2ncn(C(C)(C)C(=O)Nc3nc(Cc4ccc(-c5ccncc5)cc4)cs3)c21. The van der Waals surface area contributed by atoms with Gasteiger partial charge in [0.05, 0.1) is 12.0 Å². The molecule has 0 saturated carbocycles. The molecule has 0 saturated heterocycles. The molecule has 37 heavy (non-hydrogen) atoms. The molecule has 0 atom stereocenters. The molecular weight excluding hydrogens is 494 g/mol. The minimum atomic E-state index is -1.23. The number of nitrogens with one attached hydrogen (secondary N) is 2. The van der Waals surface area contributed by atoms with E-state index in [0.29, 0.717) is 11.6 Å². The fraction of sp³-hybridized carbons (Fsp3) is 0.200. The van der Waals surface area contributed by atoms with Crippen LogP contribution in [-0.2, 0) is 16.8 Å². The lowest BCUT2D eigenvalue weighted by Crippen LogP contribution is -2.42. The Bertz CT molecular complexity index is 1700. The molecule has 188 valence electrons. The van der Waals surface area contributed by atoms with E-state index in [2.05, 4.69) is 49.5 Å². The average Bonchev–Trinajstić information content (AvgIpc) is 3.53. The van der Waals surface area contributed by atoms with Gasteiger partial charge in [0.25, 0.3) is 11.5 Å². The van der Waals surface area contributed by atoms with E-state index in [4.69, 9.17) is 4.84 Å². The van der Waals surface area contributed by atoms with Crippen molar-refractivity contribution in [1.82, 2.24) is 29.2 Å². The number of anilines is 1. The predicted octanol–water partition coefficient (Wildman–Crippen LogP) is 2.43. The summed E-state index contributed by atoms with van der Waals surface area (Å²) >= 11 is 1.32. The number of hydrogen-bond donors (Lipinski definition) is 2. The molecular formula is C25H23N7O4S. The molecule has 11 nitrogen and oxygen atoms in total. The molecule has 0 radical (unpaired) electrons. The van der Waals surface area contributed by atoms with Crippen LogP contribution in [0.15, 0.2) is 70.1 Å². The van der Waals surface area contributed by atoms with Gasteiger partial charge in [-0.1, -0.05) is 24.3 Å². The summed E-state index contributed by atoms with van der Waals surface area (Å²) < 4.78 is 2.32. The third-order valence-electron chi connectivity index (χ3n) is 6.02. The zero-order chi connectivity index (χ0) is 26.2. The topological polar surface area (TPSA) is 137 Å². The van der Waals surface area contributed by atoms with Crippen LogP contribution in [0.1, 0.15) is 25.1 Å². The third-order valence-corrected chi connectivity index (χ3v) is 6.83. The maximum absolute atomic E-state index is 13.3. The molecule has 2 N–H and O–H groups in total. The van der Waals surface area contributed by atoms with Crippen molar-refractivity contribution in [3.8, 4) is 11.1 Å². The summed E-state index contributed by atoms with van der Waals surface area (Å²) in [6.07, 6.45) is 5.47. The minimum Gasteiger partial charge on any atom is -0.411 e. The number of thiazole rings is 1. The lowest BCUT2D eigenvalue weighted by Gasteiger charge is -2.25. The maximum atomic E-state index is 13.3. The highest BCUT2D eigenvalue weighted by atomic mass is 32.1. The molecule has 0 fully saturated rings. The lowest BCUT2D eigenvalue weighted by molar-refractivity contribution is -0.123. The van der Waals surface area contributed by atoms with Crippen molar-refractivity contribution >= 4 is 33.5 Å². The van der Waals surface area contributed by atoms with Crippen LogP contribution < -0.4 is 21.4 Å². The molecule has 5 aromatic rings. The van der Waals surface area contributed by atoms with Crippen LogP contribution in [-0.4, -0.2) is 42.3 Å². The standard InChI is InChI=1S/C25H23N7O4S/c1-25(2,31-14-27-19-20(33)29-24(35)32(36-3)21(19)31)22(34)30-23-28-18(13-37-23)12-15-4-6-16(7-5-15)17-8-10-26-11-9-17/h4-11,13-14H,12H2,1-3H3,(H,28,30,34)(H,29,33,35). The number of nitrogens with zero attached hydrogens (tertiary/aromatic N) is 5. The van der Waals surface area contributed by atoms with Gasteiger partial charge < -0.3 is 4.84 Å². The zero-order valence-corrected chi connectivity index (χ0v) is 21.1. The summed E-state index contributed by atoms with van der Waals surface area (Å²) in [4.78, 5) is 57.6. The van der Waals surface area contributed by atoms with Gasteiger partial charge in [0.1, 0.15) is 12.6 Å². The Hall–Kier alpha value is -4.58. The van der Waals surface area contributed by atoms with E-state index in [1.165, 1.54) is 29.3 Å². The first kappa shape index (κ1) is 24.1. The molecule has 4 heterocycles. The number of pyridine rings is 1. The highest BCUT2D eigenvalue weighted by Gasteiger charge is 2.34. The third kappa shape index (κ3) is 4.54. The maximum Gasteiger partial charge on any atom is 0.363 e. The van der Waals surface area contributed by atoms with Gasteiger partial charge in [0.15, 0.2) is 16.3 Å². The molecule has 1 aromatic carbocycles. The molecule has 0 aliphatic heterocycles.